The number of aromatic nitrogens is 2. The highest BCUT2D eigenvalue weighted by Crippen LogP contribution is 2.68. The Morgan fingerprint density at radius 2 is 1.94 bits per heavy atom. The third kappa shape index (κ3) is 6.35. The predicted octanol–water partition coefficient (Wildman–Crippen LogP) is 0.730. The van der Waals surface area contributed by atoms with Crippen LogP contribution in [0, 0.1) is 4.77 Å². The van der Waals surface area contributed by atoms with Crippen molar-refractivity contribution < 1.29 is 60.6 Å². The maximum absolute atomic E-state index is 14.7. The lowest BCUT2D eigenvalue weighted by atomic mass is 10.2. The summed E-state index contributed by atoms with van der Waals surface area (Å²) in [5, 5.41) is 12.9. The van der Waals surface area contributed by atoms with Crippen LogP contribution in [0.1, 0.15) is 6.23 Å². The van der Waals surface area contributed by atoms with Crippen LogP contribution in [0.5, 0.6) is 0 Å². The molecule has 23 heteroatoms. The van der Waals surface area contributed by atoms with Gasteiger partial charge in [0, 0.05) is 11.1 Å². The van der Waals surface area contributed by atoms with Crippen LogP contribution in [0.15, 0.2) is 17.4 Å². The van der Waals surface area contributed by atoms with Crippen molar-refractivity contribution in [3.8, 4) is 0 Å². The summed E-state index contributed by atoms with van der Waals surface area (Å²) in [6.07, 6.45) is -6.15. The minimum atomic E-state index is -6.01. The molecule has 0 radical (unpaired) electrons. The average molecular weight is 528 g/mol. The van der Waals surface area contributed by atoms with E-state index in [1.807, 2.05) is 0 Å². The van der Waals surface area contributed by atoms with Crippen molar-refractivity contribution >= 4 is 41.5 Å². The Balaban J connectivity index is 2.40. The molecule has 7 N–H and O–H groups in total. The molecule has 0 bridgehead atoms. The number of ether oxygens (including phenoxy) is 1. The second-order valence-electron chi connectivity index (χ2n) is 5.44. The number of alkyl halides is 1. The molecule has 174 valence electrons. The van der Waals surface area contributed by atoms with E-state index in [0.29, 0.717) is 0 Å². The van der Waals surface area contributed by atoms with Gasteiger partial charge in [-0.05, 0) is 28.9 Å². The van der Waals surface area contributed by atoms with Gasteiger partial charge < -0.3 is 35.2 Å². The van der Waals surface area contributed by atoms with Gasteiger partial charge in [-0.2, -0.15) is 8.62 Å². The number of nitrogens with zero attached hydrogens (tertiary/aromatic N) is 5. The van der Waals surface area contributed by atoms with Crippen LogP contribution in [0.3, 0.4) is 0 Å². The van der Waals surface area contributed by atoms with Crippen molar-refractivity contribution in [2.45, 2.75) is 24.4 Å². The normalized spacial score (nSPS) is 30.2. The van der Waals surface area contributed by atoms with Crippen LogP contribution >= 0.6 is 35.7 Å². The molecular weight excluding hydrogens is 516 g/mol. The highest BCUT2D eigenvalue weighted by Gasteiger charge is 2.61. The van der Waals surface area contributed by atoms with Crippen LogP contribution in [-0.4, -0.2) is 52.4 Å². The monoisotopic (exact) mass is 528 g/mol. The van der Waals surface area contributed by atoms with Gasteiger partial charge in [-0.25, -0.2) is 27.6 Å². The molecule has 0 amide bonds. The van der Waals surface area contributed by atoms with Crippen LogP contribution in [0.4, 0.5) is 10.2 Å². The molecule has 3 unspecified atom stereocenters. The summed E-state index contributed by atoms with van der Waals surface area (Å²) in [6, 6.07) is 1.13. The first-order valence-corrected chi connectivity index (χ1v) is 12.2. The Morgan fingerprint density at radius 3 is 2.45 bits per heavy atom. The van der Waals surface area contributed by atoms with E-state index in [1.165, 1.54) is 0 Å². The van der Waals surface area contributed by atoms with E-state index in [4.69, 9.17) is 38.0 Å². The number of nitrogen functional groups attached to an aromatic ring is 1. The summed E-state index contributed by atoms with van der Waals surface area (Å²) in [6.45, 7) is 0. The smallest absolute Gasteiger partial charge is 0.384 e. The fourth-order valence-electron chi connectivity index (χ4n) is 2.20. The molecule has 0 aromatic carbocycles. The number of phosphoric acid groups is 3. The molecule has 0 aliphatic carbocycles. The zero-order valence-electron chi connectivity index (χ0n) is 14.4. The molecule has 2 rings (SSSR count). The van der Waals surface area contributed by atoms with Crippen molar-refractivity contribution in [1.82, 2.24) is 9.55 Å². The first kappa shape index (κ1) is 25.9. The van der Waals surface area contributed by atoms with E-state index in [9.17, 15) is 33.0 Å². The summed E-state index contributed by atoms with van der Waals surface area (Å²) < 4.78 is 65.4. The van der Waals surface area contributed by atoms with Gasteiger partial charge in [-0.3, -0.25) is 4.57 Å². The Morgan fingerprint density at radius 1 is 1.32 bits per heavy atom. The number of anilines is 1. The van der Waals surface area contributed by atoms with Crippen molar-refractivity contribution in [2.24, 2.45) is 5.11 Å². The van der Waals surface area contributed by atoms with Crippen molar-refractivity contribution in [3.05, 3.63) is 27.5 Å². The van der Waals surface area contributed by atoms with E-state index in [-0.39, 0.29) is 5.82 Å². The minimum absolute atomic E-state index is 0.0789. The van der Waals surface area contributed by atoms with Gasteiger partial charge in [0.25, 0.3) is 5.91 Å². The van der Waals surface area contributed by atoms with Crippen LogP contribution < -0.4 is 5.73 Å². The number of azide groups is 1. The van der Waals surface area contributed by atoms with E-state index >= 15 is 0 Å². The van der Waals surface area contributed by atoms with Gasteiger partial charge in [-0.15, -0.1) is 0 Å². The zero-order valence-corrected chi connectivity index (χ0v) is 17.9. The second kappa shape index (κ2) is 8.90. The van der Waals surface area contributed by atoms with Gasteiger partial charge in [-0.1, -0.05) is 0 Å². The fourth-order valence-corrected chi connectivity index (χ4v) is 5.62. The highest BCUT2D eigenvalue weighted by atomic mass is 32.1. The number of hydrogen-bond acceptors (Lipinski definition) is 12. The maximum atomic E-state index is 14.7. The molecule has 6 atom stereocenters. The lowest BCUT2D eigenvalue weighted by Gasteiger charge is -2.28. The van der Waals surface area contributed by atoms with Gasteiger partial charge in [0.2, 0.25) is 4.77 Å². The standard InChI is InChI=1S/C8H12FN6O12P3S/c9-4-5(16)8(13-14-11,24-6(4)15-2-1-3(10)12-7(15)31)25-29(20,21)27-30(22,23)26-28(17,18)19/h1-2,4-6,16H,(H,20,21)(H,22,23)(H2,10,12,31)(H2,17,18,19)/t4?,5-,6-,8+/m1/s1. The Hall–Kier alpha value is -1.33. The van der Waals surface area contributed by atoms with Crippen molar-refractivity contribution in [3.63, 3.8) is 0 Å². The van der Waals surface area contributed by atoms with Gasteiger partial charge >= 0.3 is 23.5 Å². The molecular formula is C8H12FN6O12P3S. The summed E-state index contributed by atoms with van der Waals surface area (Å²) in [4.78, 5) is 41.6. The molecule has 2 heterocycles. The first-order valence-electron chi connectivity index (χ1n) is 7.26. The van der Waals surface area contributed by atoms with E-state index in [1.54, 1.807) is 0 Å². The number of nitrogens with two attached hydrogens (primary N) is 1. The molecule has 1 aliphatic heterocycles. The Kier molecular flexibility index (Phi) is 7.44. The topological polar surface area (TPSA) is 282 Å². The van der Waals surface area contributed by atoms with E-state index in [2.05, 4.69) is 28.2 Å². The number of hydrogen-bond donors (Lipinski definition) is 6. The van der Waals surface area contributed by atoms with Crippen LogP contribution in [0.25, 0.3) is 10.4 Å². The number of rotatable bonds is 8. The Labute approximate surface area is 175 Å². The molecule has 0 spiro atoms. The van der Waals surface area contributed by atoms with Gasteiger partial charge in [0.05, 0.1) is 0 Å². The molecule has 1 aromatic heterocycles. The molecule has 1 saturated heterocycles. The molecule has 1 fully saturated rings. The second-order valence-corrected chi connectivity index (χ2v) is 10.2. The van der Waals surface area contributed by atoms with Gasteiger partial charge in [0.1, 0.15) is 5.82 Å². The summed E-state index contributed by atoms with van der Waals surface area (Å²) >= 11 is 4.85. The van der Waals surface area contributed by atoms with Crippen LogP contribution in [0.2, 0.25) is 0 Å². The summed E-state index contributed by atoms with van der Waals surface area (Å²) in [5.41, 5.74) is 14.1. The number of phosphoric ester groups is 1. The Bertz CT molecular complexity index is 1110. The molecule has 1 aliphatic rings. The number of aliphatic hydroxyl groups excluding tert-OH is 1. The first-order chi connectivity index (χ1) is 14.0. The molecule has 31 heavy (non-hydrogen) atoms. The number of aliphatic hydroxyl groups is 1. The number of halogens is 1. The van der Waals surface area contributed by atoms with E-state index < -0.39 is 52.7 Å². The maximum Gasteiger partial charge on any atom is 0.490 e. The average Bonchev–Trinajstić information content (AvgIpc) is 2.76. The largest absolute Gasteiger partial charge is 0.490 e. The lowest BCUT2D eigenvalue weighted by Crippen LogP contribution is -2.42. The summed E-state index contributed by atoms with van der Waals surface area (Å²) in [5.74, 6) is -3.47. The minimum Gasteiger partial charge on any atom is -0.384 e. The van der Waals surface area contributed by atoms with Crippen LogP contribution in [-0.2, 0) is 31.6 Å². The van der Waals surface area contributed by atoms with Crippen molar-refractivity contribution in [2.75, 3.05) is 5.73 Å². The summed E-state index contributed by atoms with van der Waals surface area (Å²) in [7, 11) is -17.7. The zero-order chi connectivity index (χ0) is 23.8. The van der Waals surface area contributed by atoms with Gasteiger partial charge in [0.15, 0.2) is 18.5 Å². The lowest BCUT2D eigenvalue weighted by molar-refractivity contribution is -0.222. The predicted molar refractivity (Wildman–Crippen MR) is 95.3 cm³/mol. The molecule has 18 nitrogen and oxygen atoms in total. The molecule has 0 saturated carbocycles. The SMILES string of the molecule is [N-]=[N+]=N[C@]1(OP(=O)(O)OP(=O)(O)OP(=O)(O)O)O[C@@H](n2ccc(N)nc2=S)C(F)[C@H]1O. The third-order valence-corrected chi connectivity index (χ3v) is 7.33. The van der Waals surface area contributed by atoms with Crippen molar-refractivity contribution in [1.29, 1.82) is 0 Å². The third-order valence-electron chi connectivity index (χ3n) is 3.21. The molecule has 1 aromatic rings. The quantitative estimate of drug-likeness (QED) is 0.0891. The van der Waals surface area contributed by atoms with E-state index in [0.717, 1.165) is 16.8 Å². The fraction of sp³-hybridized carbons (Fsp3) is 0.500. The highest BCUT2D eigenvalue weighted by molar-refractivity contribution is 7.71.